The van der Waals surface area contributed by atoms with Gasteiger partial charge in [-0.15, -0.1) is 0 Å². The minimum atomic E-state index is -1.82. The molecular weight excluding hydrogens is 744 g/mol. The van der Waals surface area contributed by atoms with Crippen LogP contribution in [-0.2, 0) is 28.5 Å². The molecule has 0 aromatic heterocycles. The zero-order chi connectivity index (χ0) is 41.9. The van der Waals surface area contributed by atoms with Crippen LogP contribution in [0, 0.1) is 51.8 Å². The first-order chi connectivity index (χ1) is 26.4. The molecule has 4 aliphatic carbocycles. The monoisotopic (exact) mass is 814 g/mol. The number of Topliss-reactive ketones (excluding diaryl/α,β-unsaturated/α-hetero) is 1. The smallest absolute Gasteiger partial charge is 0.187 e. The van der Waals surface area contributed by atoms with E-state index in [1.165, 1.54) is 0 Å². The number of hydrogen-bond donors (Lipinski definition) is 9. The summed E-state index contributed by atoms with van der Waals surface area (Å²) in [5.74, 6) is -0.474. The van der Waals surface area contributed by atoms with Crippen LogP contribution >= 0.6 is 0 Å². The third kappa shape index (κ3) is 6.90. The van der Waals surface area contributed by atoms with Crippen LogP contribution in [0.25, 0.3) is 0 Å². The molecule has 0 aromatic carbocycles. The van der Waals surface area contributed by atoms with Crippen molar-refractivity contribution >= 4 is 5.78 Å². The van der Waals surface area contributed by atoms with Gasteiger partial charge in [-0.25, -0.2) is 0 Å². The third-order valence-electron chi connectivity index (χ3n) is 17.0. The summed E-state index contributed by atoms with van der Waals surface area (Å²) in [6.07, 6.45) is -13.1. The lowest BCUT2D eigenvalue weighted by Gasteiger charge is -2.68. The second-order valence-electron chi connectivity index (χ2n) is 20.8. The van der Waals surface area contributed by atoms with E-state index in [0.29, 0.717) is 19.3 Å². The Morgan fingerprint density at radius 1 is 0.754 bits per heavy atom. The average Bonchev–Trinajstić information content (AvgIpc) is 3.73. The van der Waals surface area contributed by atoms with Crippen LogP contribution in [0.15, 0.2) is 0 Å². The van der Waals surface area contributed by atoms with E-state index < -0.39 is 114 Å². The molecule has 328 valence electrons. The molecule has 7 fully saturated rings. The average molecular weight is 815 g/mol. The summed E-state index contributed by atoms with van der Waals surface area (Å²) in [7, 11) is 0. The highest BCUT2D eigenvalue weighted by atomic mass is 16.8. The molecule has 15 heteroatoms. The molecule has 22 atom stereocenters. The summed E-state index contributed by atoms with van der Waals surface area (Å²) in [4.78, 5) is 14.0. The Kier molecular flexibility index (Phi) is 11.8. The maximum Gasteiger partial charge on any atom is 0.187 e. The maximum atomic E-state index is 14.0. The van der Waals surface area contributed by atoms with E-state index in [4.69, 9.17) is 23.7 Å². The molecule has 15 nitrogen and oxygen atoms in total. The highest BCUT2D eigenvalue weighted by Crippen LogP contribution is 2.74. The van der Waals surface area contributed by atoms with Crippen molar-refractivity contribution in [2.45, 2.75) is 191 Å². The zero-order valence-corrected chi connectivity index (χ0v) is 34.8. The van der Waals surface area contributed by atoms with Crippen molar-refractivity contribution in [2.75, 3.05) is 13.2 Å². The van der Waals surface area contributed by atoms with Gasteiger partial charge in [0.25, 0.3) is 0 Å². The Morgan fingerprint density at radius 2 is 1.37 bits per heavy atom. The second-order valence-corrected chi connectivity index (χ2v) is 20.8. The van der Waals surface area contributed by atoms with Crippen molar-refractivity contribution in [3.05, 3.63) is 0 Å². The molecule has 0 amide bonds. The van der Waals surface area contributed by atoms with Crippen LogP contribution in [0.2, 0.25) is 0 Å². The number of fused-ring (bicyclic) bond motifs is 5. The number of carbonyl (C=O) groups excluding carboxylic acids is 1. The number of rotatable bonds is 8. The fourth-order valence-electron chi connectivity index (χ4n) is 13.5. The summed E-state index contributed by atoms with van der Waals surface area (Å²) in [5, 5.41) is 97.6. The minimum absolute atomic E-state index is 0.0205. The fourth-order valence-corrected chi connectivity index (χ4v) is 13.5. The van der Waals surface area contributed by atoms with Crippen molar-refractivity contribution in [3.63, 3.8) is 0 Å². The lowest BCUT2D eigenvalue weighted by atomic mass is 9.37. The van der Waals surface area contributed by atoms with Gasteiger partial charge in [0.2, 0.25) is 0 Å². The number of ether oxygens (including phenoxy) is 5. The van der Waals surface area contributed by atoms with Crippen molar-refractivity contribution < 1.29 is 74.4 Å². The van der Waals surface area contributed by atoms with E-state index in [1.54, 1.807) is 13.8 Å². The number of hydrogen-bond acceptors (Lipinski definition) is 15. The Hall–Kier alpha value is -0.890. The molecule has 7 rings (SSSR count). The molecule has 4 saturated carbocycles. The van der Waals surface area contributed by atoms with Gasteiger partial charge in [-0.3, -0.25) is 4.79 Å². The van der Waals surface area contributed by atoms with E-state index >= 15 is 0 Å². The van der Waals surface area contributed by atoms with Gasteiger partial charge in [0.15, 0.2) is 12.6 Å². The first kappa shape index (κ1) is 44.2. The van der Waals surface area contributed by atoms with Crippen LogP contribution in [-0.4, -0.2) is 156 Å². The molecule has 11 unspecified atom stereocenters. The Balaban J connectivity index is 1.25. The molecule has 0 radical (unpaired) electrons. The third-order valence-corrected chi connectivity index (χ3v) is 17.0. The van der Waals surface area contributed by atoms with E-state index in [-0.39, 0.29) is 47.4 Å². The van der Waals surface area contributed by atoms with Gasteiger partial charge in [-0.2, -0.15) is 0 Å². The summed E-state index contributed by atoms with van der Waals surface area (Å²) < 4.78 is 31.6. The fraction of sp³-hybridized carbons (Fsp3) is 0.976. The van der Waals surface area contributed by atoms with Crippen LogP contribution in [0.3, 0.4) is 0 Å². The van der Waals surface area contributed by atoms with Gasteiger partial charge in [0.05, 0.1) is 42.7 Å². The Bertz CT molecular complexity index is 1470. The quantitative estimate of drug-likeness (QED) is 0.151. The molecule has 0 spiro atoms. The Labute approximate surface area is 336 Å². The molecule has 0 aromatic rings. The molecule has 7 aliphatic rings. The largest absolute Gasteiger partial charge is 0.394 e. The van der Waals surface area contributed by atoms with Crippen LogP contribution < -0.4 is 0 Å². The first-order valence-electron chi connectivity index (χ1n) is 21.3. The SMILES string of the molecule is C[C@@H]1CC(=O)C(C)(C)C2C1C1C[C@@H](O)C3C([C@]4(C)CC[C@H](C(C)(C)O)O4)CC[C@@]3(C)[C@]1(C)C[C@@H]2O[C@H]1OC(CO)[C@H](O)C(O)C1O[C@H]1OC(CO)[C@H](O)C(O)C1O. The van der Waals surface area contributed by atoms with Crippen molar-refractivity contribution in [1.82, 2.24) is 0 Å². The molecule has 0 bridgehead atoms. The number of aliphatic hydroxyl groups excluding tert-OH is 8. The van der Waals surface area contributed by atoms with Gasteiger partial charge in [-0.05, 0) is 99.7 Å². The summed E-state index contributed by atoms with van der Waals surface area (Å²) in [6, 6.07) is 0. The molecule has 3 aliphatic heterocycles. The van der Waals surface area contributed by atoms with Crippen LogP contribution in [0.1, 0.15) is 100 Å². The maximum absolute atomic E-state index is 14.0. The summed E-state index contributed by atoms with van der Waals surface area (Å²) >= 11 is 0. The number of carbonyl (C=O) groups is 1. The van der Waals surface area contributed by atoms with Gasteiger partial charge in [0.1, 0.15) is 54.6 Å². The summed E-state index contributed by atoms with van der Waals surface area (Å²) in [5.41, 5.74) is -3.25. The highest BCUT2D eigenvalue weighted by molar-refractivity contribution is 5.85. The lowest BCUT2D eigenvalue weighted by molar-refractivity contribution is -0.379. The second kappa shape index (κ2) is 15.2. The van der Waals surface area contributed by atoms with Crippen molar-refractivity contribution in [1.29, 1.82) is 0 Å². The summed E-state index contributed by atoms with van der Waals surface area (Å²) in [6.45, 7) is 14.8. The standard InChI is InChI=1S/C42H70O15/c1-18-13-25(46)38(2,3)29-22(53-37-35(33(50)31(48)24(17-44)55-37)56-36-34(51)32(49)30(47)23(16-43)54-36)15-41(7)20(27(18)29)14-21(45)28-19(9-11-40(28,41)6)42(8)12-10-26(57-42)39(4,5)52/h18-24,26-37,43-45,47-52H,9-17H2,1-8H3/t18-,19?,20?,21-,22+,23?,24?,26-,27?,28?,29?,30+,31+,32?,33?,34?,35?,36-,37+,40-,41-,42+/m1/s1. The molecular formula is C42H70O15. The number of ketones is 1. The predicted molar refractivity (Wildman–Crippen MR) is 201 cm³/mol. The van der Waals surface area contributed by atoms with Gasteiger partial charge in [-0.1, -0.05) is 34.6 Å². The topological polar surface area (TPSA) is 245 Å². The molecule has 3 heterocycles. The van der Waals surface area contributed by atoms with E-state index in [1.807, 2.05) is 13.8 Å². The van der Waals surface area contributed by atoms with E-state index in [2.05, 4.69) is 27.7 Å². The van der Waals surface area contributed by atoms with Crippen molar-refractivity contribution in [2.24, 2.45) is 51.8 Å². The number of aliphatic hydroxyl groups is 9. The van der Waals surface area contributed by atoms with Gasteiger partial charge >= 0.3 is 0 Å². The predicted octanol–water partition coefficient (Wildman–Crippen LogP) is 0.395. The van der Waals surface area contributed by atoms with Crippen molar-refractivity contribution in [3.8, 4) is 0 Å². The molecule has 9 N–H and O–H groups in total. The van der Waals surface area contributed by atoms with Crippen LogP contribution in [0.4, 0.5) is 0 Å². The molecule has 3 saturated heterocycles. The van der Waals surface area contributed by atoms with E-state index in [9.17, 15) is 50.8 Å². The van der Waals surface area contributed by atoms with E-state index in [0.717, 1.165) is 25.7 Å². The van der Waals surface area contributed by atoms with Crippen LogP contribution in [0.5, 0.6) is 0 Å². The minimum Gasteiger partial charge on any atom is -0.394 e. The highest BCUT2D eigenvalue weighted by Gasteiger charge is 2.72. The first-order valence-corrected chi connectivity index (χ1v) is 21.3. The Morgan fingerprint density at radius 3 is 1.96 bits per heavy atom. The van der Waals surface area contributed by atoms with Gasteiger partial charge < -0.3 is 69.6 Å². The lowest BCUT2D eigenvalue weighted by Crippen LogP contribution is -2.69. The zero-order valence-electron chi connectivity index (χ0n) is 34.8. The molecule has 57 heavy (non-hydrogen) atoms. The normalized spacial score (nSPS) is 55.2. The van der Waals surface area contributed by atoms with Gasteiger partial charge in [0, 0.05) is 17.8 Å².